The summed E-state index contributed by atoms with van der Waals surface area (Å²) >= 11 is 0. The van der Waals surface area contributed by atoms with E-state index in [9.17, 15) is 9.90 Å². The number of nitrogens with zero attached hydrogens (tertiary/aromatic N) is 1. The summed E-state index contributed by atoms with van der Waals surface area (Å²) in [6, 6.07) is 10.1. The number of aliphatic hydroxyl groups excluding tert-OH is 1. The summed E-state index contributed by atoms with van der Waals surface area (Å²) < 4.78 is 5.50. The van der Waals surface area contributed by atoms with E-state index in [4.69, 9.17) is 4.74 Å². The maximum absolute atomic E-state index is 12.7. The van der Waals surface area contributed by atoms with Crippen LogP contribution >= 0.6 is 0 Å². The van der Waals surface area contributed by atoms with E-state index < -0.39 is 0 Å². The lowest BCUT2D eigenvalue weighted by Crippen LogP contribution is -2.43. The first kappa shape index (κ1) is 18.2. The molecule has 1 aromatic rings. The SMILES string of the molecule is CN(CC1CCCC1O)C(=O)NC(CC1CCOC1)c1ccccc1. The van der Waals surface area contributed by atoms with Crippen molar-refractivity contribution in [1.82, 2.24) is 10.2 Å². The Labute approximate surface area is 150 Å². The van der Waals surface area contributed by atoms with Crippen molar-refractivity contribution in [3.63, 3.8) is 0 Å². The van der Waals surface area contributed by atoms with Gasteiger partial charge in [-0.05, 0) is 37.2 Å². The van der Waals surface area contributed by atoms with Crippen molar-refractivity contribution in [2.24, 2.45) is 11.8 Å². The number of aliphatic hydroxyl groups is 1. The predicted molar refractivity (Wildman–Crippen MR) is 97.2 cm³/mol. The zero-order valence-corrected chi connectivity index (χ0v) is 15.1. The highest BCUT2D eigenvalue weighted by Crippen LogP contribution is 2.28. The van der Waals surface area contributed by atoms with Crippen LogP contribution in [0.15, 0.2) is 30.3 Å². The van der Waals surface area contributed by atoms with Crippen LogP contribution in [0.25, 0.3) is 0 Å². The molecule has 25 heavy (non-hydrogen) atoms. The van der Waals surface area contributed by atoms with E-state index in [0.29, 0.717) is 12.5 Å². The number of rotatable bonds is 6. The molecular weight excluding hydrogens is 316 g/mol. The number of nitrogens with one attached hydrogen (secondary N) is 1. The molecule has 0 aromatic heterocycles. The fourth-order valence-corrected chi connectivity index (χ4v) is 3.99. The topological polar surface area (TPSA) is 61.8 Å². The molecule has 0 bridgehead atoms. The summed E-state index contributed by atoms with van der Waals surface area (Å²) in [7, 11) is 1.82. The van der Waals surface area contributed by atoms with Crippen molar-refractivity contribution in [3.8, 4) is 0 Å². The third-order valence-electron chi connectivity index (χ3n) is 5.57. The molecule has 0 radical (unpaired) electrons. The minimum atomic E-state index is -0.268. The molecule has 4 unspecified atom stereocenters. The highest BCUT2D eigenvalue weighted by molar-refractivity contribution is 5.74. The van der Waals surface area contributed by atoms with Gasteiger partial charge in [-0.3, -0.25) is 0 Å². The van der Waals surface area contributed by atoms with E-state index in [2.05, 4.69) is 17.4 Å². The fraction of sp³-hybridized carbons (Fsp3) is 0.650. The molecule has 1 aromatic carbocycles. The van der Waals surface area contributed by atoms with E-state index in [0.717, 1.165) is 50.9 Å². The van der Waals surface area contributed by atoms with Gasteiger partial charge in [-0.25, -0.2) is 4.79 Å². The smallest absolute Gasteiger partial charge is 0.317 e. The largest absolute Gasteiger partial charge is 0.393 e. The molecule has 138 valence electrons. The molecule has 1 aliphatic heterocycles. The summed E-state index contributed by atoms with van der Waals surface area (Å²) in [6.07, 6.45) is 4.60. The Hall–Kier alpha value is -1.59. The van der Waals surface area contributed by atoms with E-state index in [-0.39, 0.29) is 24.1 Å². The summed E-state index contributed by atoms with van der Waals surface area (Å²) in [5.74, 6) is 0.696. The summed E-state index contributed by atoms with van der Waals surface area (Å²) in [4.78, 5) is 14.4. The van der Waals surface area contributed by atoms with Gasteiger partial charge in [0.1, 0.15) is 0 Å². The van der Waals surface area contributed by atoms with E-state index in [1.807, 2.05) is 25.2 Å². The first-order valence-electron chi connectivity index (χ1n) is 9.46. The Kier molecular flexibility index (Phi) is 6.32. The monoisotopic (exact) mass is 346 g/mol. The molecule has 2 aliphatic rings. The number of benzene rings is 1. The van der Waals surface area contributed by atoms with Crippen LogP contribution in [0.3, 0.4) is 0 Å². The first-order chi connectivity index (χ1) is 12.1. The Morgan fingerprint density at radius 3 is 2.76 bits per heavy atom. The summed E-state index contributed by atoms with van der Waals surface area (Å²) in [5, 5.41) is 13.2. The van der Waals surface area contributed by atoms with Gasteiger partial charge in [0.2, 0.25) is 0 Å². The average molecular weight is 346 g/mol. The predicted octanol–water partition coefficient (Wildman–Crippen LogP) is 2.96. The molecule has 3 rings (SSSR count). The summed E-state index contributed by atoms with van der Waals surface area (Å²) in [6.45, 7) is 2.21. The summed E-state index contributed by atoms with van der Waals surface area (Å²) in [5.41, 5.74) is 1.14. The maximum atomic E-state index is 12.7. The van der Waals surface area contributed by atoms with Crippen molar-refractivity contribution < 1.29 is 14.6 Å². The molecule has 5 heteroatoms. The van der Waals surface area contributed by atoms with Crippen molar-refractivity contribution in [2.75, 3.05) is 26.8 Å². The second-order valence-corrected chi connectivity index (χ2v) is 7.52. The second kappa shape index (κ2) is 8.68. The molecule has 0 spiro atoms. The van der Waals surface area contributed by atoms with Crippen LogP contribution in [0.1, 0.15) is 43.7 Å². The zero-order chi connectivity index (χ0) is 17.6. The standard InChI is InChI=1S/C20H30N2O3/c1-22(13-17-8-5-9-19(17)23)20(24)21-18(12-15-10-11-25-14-15)16-6-3-2-4-7-16/h2-4,6-7,15,17-19,23H,5,8-14H2,1H3,(H,21,24). The van der Waals surface area contributed by atoms with Crippen LogP contribution in [-0.2, 0) is 4.74 Å². The minimum absolute atomic E-state index is 0.00338. The third kappa shape index (κ3) is 4.95. The lowest BCUT2D eigenvalue weighted by atomic mass is 9.94. The van der Waals surface area contributed by atoms with Gasteiger partial charge in [0, 0.05) is 32.7 Å². The van der Waals surface area contributed by atoms with Gasteiger partial charge in [-0.2, -0.15) is 0 Å². The average Bonchev–Trinajstić information content (AvgIpc) is 3.27. The molecule has 5 nitrogen and oxygen atoms in total. The number of hydrogen-bond donors (Lipinski definition) is 2. The minimum Gasteiger partial charge on any atom is -0.393 e. The van der Waals surface area contributed by atoms with Crippen LogP contribution in [0.4, 0.5) is 4.79 Å². The van der Waals surface area contributed by atoms with Crippen molar-refractivity contribution in [3.05, 3.63) is 35.9 Å². The van der Waals surface area contributed by atoms with Crippen LogP contribution < -0.4 is 5.32 Å². The molecule has 1 heterocycles. The number of carbonyl (C=O) groups is 1. The van der Waals surface area contributed by atoms with Crippen LogP contribution in [0, 0.1) is 11.8 Å². The number of ether oxygens (including phenoxy) is 1. The van der Waals surface area contributed by atoms with Crippen LogP contribution in [-0.4, -0.2) is 48.9 Å². The molecule has 2 N–H and O–H groups in total. The maximum Gasteiger partial charge on any atom is 0.317 e. The Bertz CT molecular complexity index is 545. The molecule has 2 fully saturated rings. The lowest BCUT2D eigenvalue weighted by Gasteiger charge is -2.28. The Morgan fingerprint density at radius 1 is 1.32 bits per heavy atom. The van der Waals surface area contributed by atoms with Crippen LogP contribution in [0.2, 0.25) is 0 Å². The zero-order valence-electron chi connectivity index (χ0n) is 15.1. The first-order valence-corrected chi connectivity index (χ1v) is 9.46. The number of carbonyl (C=O) groups excluding carboxylic acids is 1. The van der Waals surface area contributed by atoms with Crippen molar-refractivity contribution in [2.45, 2.75) is 44.2 Å². The molecule has 2 amide bonds. The van der Waals surface area contributed by atoms with Gasteiger partial charge in [-0.1, -0.05) is 36.8 Å². The molecule has 1 saturated heterocycles. The molecule has 4 atom stereocenters. The van der Waals surface area contributed by atoms with Gasteiger partial charge in [0.05, 0.1) is 12.1 Å². The molecule has 1 saturated carbocycles. The van der Waals surface area contributed by atoms with Crippen molar-refractivity contribution in [1.29, 1.82) is 0 Å². The van der Waals surface area contributed by atoms with Gasteiger partial charge in [0.15, 0.2) is 0 Å². The lowest BCUT2D eigenvalue weighted by molar-refractivity contribution is 0.113. The number of amides is 2. The molecular formula is C20H30N2O3. The van der Waals surface area contributed by atoms with Crippen molar-refractivity contribution >= 4 is 6.03 Å². The van der Waals surface area contributed by atoms with Gasteiger partial charge >= 0.3 is 6.03 Å². The quantitative estimate of drug-likeness (QED) is 0.832. The van der Waals surface area contributed by atoms with E-state index in [1.54, 1.807) is 4.90 Å². The highest BCUT2D eigenvalue weighted by Gasteiger charge is 2.29. The van der Waals surface area contributed by atoms with Crippen LogP contribution in [0.5, 0.6) is 0 Å². The normalized spacial score (nSPS) is 27.2. The van der Waals surface area contributed by atoms with E-state index in [1.165, 1.54) is 0 Å². The second-order valence-electron chi connectivity index (χ2n) is 7.52. The molecule has 1 aliphatic carbocycles. The highest BCUT2D eigenvalue weighted by atomic mass is 16.5. The fourth-order valence-electron chi connectivity index (χ4n) is 3.99. The third-order valence-corrected chi connectivity index (χ3v) is 5.57. The Balaban J connectivity index is 1.61. The number of hydrogen-bond acceptors (Lipinski definition) is 3. The van der Waals surface area contributed by atoms with Gasteiger partial charge in [0.25, 0.3) is 0 Å². The number of urea groups is 1. The van der Waals surface area contributed by atoms with E-state index >= 15 is 0 Å². The van der Waals surface area contributed by atoms with Gasteiger partial charge < -0.3 is 20.1 Å². The Morgan fingerprint density at radius 2 is 2.12 bits per heavy atom. The van der Waals surface area contributed by atoms with Gasteiger partial charge in [-0.15, -0.1) is 0 Å².